The number of carbonyl (C=O) groups excluding carboxylic acids is 1. The summed E-state index contributed by atoms with van der Waals surface area (Å²) in [6.45, 7) is 2.63. The summed E-state index contributed by atoms with van der Waals surface area (Å²) in [6, 6.07) is 2.24. The van der Waals surface area contributed by atoms with Crippen molar-refractivity contribution in [1.82, 2.24) is 0 Å². The first-order chi connectivity index (χ1) is 6.32. The first-order valence-corrected chi connectivity index (χ1v) is 3.76. The van der Waals surface area contributed by atoms with Gasteiger partial charge in [0.25, 0.3) is 0 Å². The number of ketones is 1. The van der Waals surface area contributed by atoms with E-state index in [0.717, 1.165) is 6.07 Å². The third kappa shape index (κ3) is 2.17. The van der Waals surface area contributed by atoms with E-state index < -0.39 is 23.3 Å². The normalized spacial score (nSPS) is 11.4. The zero-order valence-electron chi connectivity index (χ0n) is 6.69. The van der Waals surface area contributed by atoms with Gasteiger partial charge in [-0.3, -0.25) is 4.79 Å². The minimum absolute atomic E-state index is 0.150. The molecular weight excluding hydrogens is 221 g/mol. The van der Waals surface area contributed by atoms with E-state index in [1.807, 2.05) is 0 Å². The highest BCUT2D eigenvalue weighted by molar-refractivity contribution is 6.29. The van der Waals surface area contributed by atoms with E-state index in [2.05, 4.69) is 11.0 Å². The Morgan fingerprint density at radius 1 is 1.43 bits per heavy atom. The molecule has 0 saturated heterocycles. The van der Waals surface area contributed by atoms with Crippen LogP contribution in [-0.2, 0) is 0 Å². The molecule has 0 spiro atoms. The summed E-state index contributed by atoms with van der Waals surface area (Å²) in [6.07, 6.45) is -4.75. The van der Waals surface area contributed by atoms with Crippen LogP contribution in [0.3, 0.4) is 0 Å². The van der Waals surface area contributed by atoms with Crippen LogP contribution in [0.25, 0.3) is 0 Å². The second-order valence-corrected chi connectivity index (χ2v) is 2.78. The molecule has 2 nitrogen and oxygen atoms in total. The van der Waals surface area contributed by atoms with E-state index in [9.17, 15) is 18.0 Å². The molecule has 0 radical (unpaired) electrons. The predicted molar refractivity (Wildman–Crippen MR) is 43.2 cm³/mol. The van der Waals surface area contributed by atoms with Crippen molar-refractivity contribution >= 4 is 17.4 Å². The number of halogens is 4. The Morgan fingerprint density at radius 3 is 2.36 bits per heavy atom. The minimum Gasteiger partial charge on any atom is -0.441 e. The second-order valence-electron chi connectivity index (χ2n) is 2.41. The Balaban J connectivity index is 2.92. The molecule has 0 bridgehead atoms. The zero-order chi connectivity index (χ0) is 10.9. The van der Waals surface area contributed by atoms with Crippen LogP contribution in [0.4, 0.5) is 13.2 Å². The molecule has 76 valence electrons. The van der Waals surface area contributed by atoms with Gasteiger partial charge in [0.1, 0.15) is 0 Å². The number of allylic oxidation sites excluding steroid dienone is 1. The van der Waals surface area contributed by atoms with Gasteiger partial charge in [0, 0.05) is 0 Å². The Kier molecular flexibility index (Phi) is 2.71. The van der Waals surface area contributed by atoms with Crippen molar-refractivity contribution < 1.29 is 22.4 Å². The van der Waals surface area contributed by atoms with Crippen molar-refractivity contribution in [2.24, 2.45) is 0 Å². The molecule has 0 aromatic carbocycles. The number of Topliss-reactive ketones (excluding diaryl/α,β-unsaturated/α-hetero) is 1. The molecule has 0 unspecified atom stereocenters. The molecule has 0 amide bonds. The molecule has 0 aliphatic carbocycles. The highest BCUT2D eigenvalue weighted by atomic mass is 35.5. The van der Waals surface area contributed by atoms with Crippen molar-refractivity contribution in [2.45, 2.75) is 6.18 Å². The monoisotopic (exact) mass is 224 g/mol. The van der Waals surface area contributed by atoms with Crippen molar-refractivity contribution in [3.63, 3.8) is 0 Å². The van der Waals surface area contributed by atoms with Gasteiger partial charge in [-0.1, -0.05) is 6.58 Å². The number of hydrogen-bond acceptors (Lipinski definition) is 2. The van der Waals surface area contributed by atoms with Gasteiger partial charge in [-0.15, -0.1) is 0 Å². The number of furan rings is 1. The lowest BCUT2D eigenvalue weighted by Crippen LogP contribution is -2.18. The van der Waals surface area contributed by atoms with Gasteiger partial charge in [0.2, 0.25) is 5.78 Å². The largest absolute Gasteiger partial charge is 0.441 e. The first kappa shape index (κ1) is 10.8. The Morgan fingerprint density at radius 2 is 2.00 bits per heavy atom. The lowest BCUT2D eigenvalue weighted by molar-refractivity contribution is -0.0885. The third-order valence-corrected chi connectivity index (χ3v) is 1.62. The summed E-state index contributed by atoms with van der Waals surface area (Å²) in [7, 11) is 0. The topological polar surface area (TPSA) is 30.2 Å². The second kappa shape index (κ2) is 3.49. The van der Waals surface area contributed by atoms with Gasteiger partial charge < -0.3 is 4.42 Å². The van der Waals surface area contributed by atoms with E-state index in [4.69, 9.17) is 11.6 Å². The van der Waals surface area contributed by atoms with Crippen LogP contribution in [0.1, 0.15) is 10.6 Å². The standard InChI is InChI=1S/C8H4ClF3O2/c1-4(8(10,11)12)7(13)5-2-3-6(9)14-5/h2-3H,1H2. The molecule has 6 heteroatoms. The lowest BCUT2D eigenvalue weighted by Gasteiger charge is -2.06. The molecule has 0 N–H and O–H groups in total. The molecule has 0 saturated carbocycles. The van der Waals surface area contributed by atoms with Crippen LogP contribution in [0, 0.1) is 0 Å². The summed E-state index contributed by atoms with van der Waals surface area (Å²) < 4.78 is 40.5. The Hall–Kier alpha value is -1.23. The van der Waals surface area contributed by atoms with Gasteiger partial charge >= 0.3 is 6.18 Å². The molecular formula is C8H4ClF3O2. The third-order valence-electron chi connectivity index (χ3n) is 1.41. The smallest absolute Gasteiger partial charge is 0.419 e. The average Bonchev–Trinajstić information content (AvgIpc) is 2.47. The van der Waals surface area contributed by atoms with Gasteiger partial charge in [-0.25, -0.2) is 0 Å². The minimum atomic E-state index is -4.75. The van der Waals surface area contributed by atoms with Gasteiger partial charge in [-0.2, -0.15) is 13.2 Å². The van der Waals surface area contributed by atoms with Crippen molar-refractivity contribution in [3.8, 4) is 0 Å². The number of rotatable bonds is 2. The van der Waals surface area contributed by atoms with Crippen LogP contribution in [0.2, 0.25) is 5.22 Å². The molecule has 0 aliphatic rings. The van der Waals surface area contributed by atoms with E-state index in [1.165, 1.54) is 6.07 Å². The quantitative estimate of drug-likeness (QED) is 0.570. The van der Waals surface area contributed by atoms with Crippen molar-refractivity contribution in [1.29, 1.82) is 0 Å². The summed E-state index contributed by atoms with van der Waals surface area (Å²) in [5.41, 5.74) is -1.48. The van der Waals surface area contributed by atoms with Crippen LogP contribution >= 0.6 is 11.6 Å². The fourth-order valence-corrected chi connectivity index (χ4v) is 0.860. The highest BCUT2D eigenvalue weighted by Gasteiger charge is 2.38. The van der Waals surface area contributed by atoms with Gasteiger partial charge in [0.15, 0.2) is 11.0 Å². The summed E-state index contributed by atoms with van der Waals surface area (Å²) in [5, 5.41) is -0.150. The molecule has 0 aliphatic heterocycles. The van der Waals surface area contributed by atoms with Crippen LogP contribution in [-0.4, -0.2) is 12.0 Å². The summed E-state index contributed by atoms with van der Waals surface area (Å²) in [4.78, 5) is 11.0. The molecule has 0 fully saturated rings. The number of carbonyl (C=O) groups is 1. The molecule has 0 atom stereocenters. The van der Waals surface area contributed by atoms with Gasteiger partial charge in [-0.05, 0) is 23.7 Å². The summed E-state index contributed by atoms with van der Waals surface area (Å²) >= 11 is 5.29. The molecule has 1 aromatic heterocycles. The SMILES string of the molecule is C=C(C(=O)c1ccc(Cl)o1)C(F)(F)F. The molecule has 1 heterocycles. The highest BCUT2D eigenvalue weighted by Crippen LogP contribution is 2.28. The van der Waals surface area contributed by atoms with Crippen LogP contribution < -0.4 is 0 Å². The van der Waals surface area contributed by atoms with Crippen LogP contribution in [0.15, 0.2) is 28.7 Å². The van der Waals surface area contributed by atoms with Gasteiger partial charge in [0.05, 0.1) is 5.57 Å². The first-order valence-electron chi connectivity index (χ1n) is 3.38. The molecule has 1 aromatic rings. The van der Waals surface area contributed by atoms with Crippen LogP contribution in [0.5, 0.6) is 0 Å². The fourth-order valence-electron chi connectivity index (χ4n) is 0.714. The lowest BCUT2D eigenvalue weighted by atomic mass is 10.1. The predicted octanol–water partition coefficient (Wildman–Crippen LogP) is 3.23. The number of hydrogen-bond donors (Lipinski definition) is 0. The average molecular weight is 225 g/mol. The molecule has 1 rings (SSSR count). The van der Waals surface area contributed by atoms with E-state index in [-0.39, 0.29) is 5.22 Å². The van der Waals surface area contributed by atoms with E-state index >= 15 is 0 Å². The Bertz CT molecular complexity index is 378. The van der Waals surface area contributed by atoms with Crippen molar-refractivity contribution in [3.05, 3.63) is 35.3 Å². The fraction of sp³-hybridized carbons (Fsp3) is 0.125. The number of alkyl halides is 3. The van der Waals surface area contributed by atoms with Crippen molar-refractivity contribution in [2.75, 3.05) is 0 Å². The molecule has 14 heavy (non-hydrogen) atoms. The Labute approximate surface area is 82.0 Å². The summed E-state index contributed by atoms with van der Waals surface area (Å²) in [5.74, 6) is -1.79. The maximum absolute atomic E-state index is 12.0. The maximum atomic E-state index is 12.0. The zero-order valence-corrected chi connectivity index (χ0v) is 7.45. The maximum Gasteiger partial charge on any atom is 0.419 e. The van der Waals surface area contributed by atoms with E-state index in [0.29, 0.717) is 0 Å². The van der Waals surface area contributed by atoms with E-state index in [1.54, 1.807) is 0 Å².